The van der Waals surface area contributed by atoms with Crippen molar-refractivity contribution in [3.05, 3.63) is 58.6 Å². The van der Waals surface area contributed by atoms with Crippen LogP contribution in [0.2, 0.25) is 0 Å². The maximum absolute atomic E-state index is 11.8. The van der Waals surface area contributed by atoms with Gasteiger partial charge in [0.2, 0.25) is 0 Å². The molecule has 2 aromatic rings. The molecule has 0 aliphatic carbocycles. The lowest BCUT2D eigenvalue weighted by Gasteiger charge is -2.04. The van der Waals surface area contributed by atoms with Crippen LogP contribution in [0.1, 0.15) is 15.9 Å². The standard InChI is InChI=1S/C12H10BrN3O/c13-11-4-10(7-15-8-11)12(17)16-6-9-2-1-3-14-5-9/h1-5,7-8H,6H2,(H,16,17). The van der Waals surface area contributed by atoms with E-state index >= 15 is 0 Å². The number of pyridine rings is 2. The molecule has 4 nitrogen and oxygen atoms in total. The average Bonchev–Trinajstić information content (AvgIpc) is 2.37. The molecule has 0 aromatic carbocycles. The van der Waals surface area contributed by atoms with Gasteiger partial charge in [-0.3, -0.25) is 14.8 Å². The summed E-state index contributed by atoms with van der Waals surface area (Å²) < 4.78 is 0.784. The molecule has 0 radical (unpaired) electrons. The van der Waals surface area contributed by atoms with E-state index < -0.39 is 0 Å². The van der Waals surface area contributed by atoms with Crippen molar-refractivity contribution in [1.29, 1.82) is 0 Å². The van der Waals surface area contributed by atoms with Gasteiger partial charge in [-0.2, -0.15) is 0 Å². The second kappa shape index (κ2) is 5.54. The number of nitrogens with zero attached hydrogens (tertiary/aromatic N) is 2. The van der Waals surface area contributed by atoms with Gasteiger partial charge in [0, 0.05) is 35.8 Å². The highest BCUT2D eigenvalue weighted by Gasteiger charge is 2.05. The van der Waals surface area contributed by atoms with Crippen LogP contribution >= 0.6 is 15.9 Å². The topological polar surface area (TPSA) is 54.9 Å². The van der Waals surface area contributed by atoms with Crippen molar-refractivity contribution in [1.82, 2.24) is 15.3 Å². The van der Waals surface area contributed by atoms with Crippen LogP contribution in [0.4, 0.5) is 0 Å². The van der Waals surface area contributed by atoms with E-state index in [-0.39, 0.29) is 5.91 Å². The number of carbonyl (C=O) groups is 1. The van der Waals surface area contributed by atoms with Gasteiger partial charge >= 0.3 is 0 Å². The van der Waals surface area contributed by atoms with Gasteiger partial charge in [0.25, 0.3) is 5.91 Å². The fourth-order valence-corrected chi connectivity index (χ4v) is 1.69. The molecule has 0 spiro atoms. The van der Waals surface area contributed by atoms with Crippen molar-refractivity contribution in [2.24, 2.45) is 0 Å². The molecule has 0 saturated heterocycles. The van der Waals surface area contributed by atoms with Gasteiger partial charge in [0.15, 0.2) is 0 Å². The first-order valence-electron chi connectivity index (χ1n) is 5.03. The number of hydrogen-bond acceptors (Lipinski definition) is 3. The number of aromatic nitrogens is 2. The lowest BCUT2D eigenvalue weighted by molar-refractivity contribution is 0.0950. The molecule has 1 amide bonds. The number of nitrogens with one attached hydrogen (secondary N) is 1. The Hall–Kier alpha value is -1.75. The SMILES string of the molecule is O=C(NCc1cccnc1)c1cncc(Br)c1. The van der Waals surface area contributed by atoms with Crippen LogP contribution in [0.15, 0.2) is 47.5 Å². The fourth-order valence-electron chi connectivity index (χ4n) is 1.32. The summed E-state index contributed by atoms with van der Waals surface area (Å²) in [6.07, 6.45) is 6.59. The fraction of sp³-hybridized carbons (Fsp3) is 0.0833. The number of hydrogen-bond donors (Lipinski definition) is 1. The van der Waals surface area contributed by atoms with Gasteiger partial charge in [-0.1, -0.05) is 6.07 Å². The second-order valence-corrected chi connectivity index (χ2v) is 4.35. The maximum Gasteiger partial charge on any atom is 0.253 e. The van der Waals surface area contributed by atoms with Gasteiger partial charge in [0.1, 0.15) is 0 Å². The quantitative estimate of drug-likeness (QED) is 0.943. The van der Waals surface area contributed by atoms with Crippen molar-refractivity contribution in [2.45, 2.75) is 6.54 Å². The van der Waals surface area contributed by atoms with Crippen LogP contribution in [-0.4, -0.2) is 15.9 Å². The minimum Gasteiger partial charge on any atom is -0.348 e. The smallest absolute Gasteiger partial charge is 0.253 e. The minimum absolute atomic E-state index is 0.150. The molecule has 0 saturated carbocycles. The average molecular weight is 292 g/mol. The molecular formula is C12H10BrN3O. The number of carbonyl (C=O) groups excluding carboxylic acids is 1. The van der Waals surface area contributed by atoms with Crippen LogP contribution in [0.5, 0.6) is 0 Å². The van der Waals surface area contributed by atoms with Crippen LogP contribution in [0.25, 0.3) is 0 Å². The summed E-state index contributed by atoms with van der Waals surface area (Å²) in [7, 11) is 0. The van der Waals surface area contributed by atoms with Crippen molar-refractivity contribution in [3.63, 3.8) is 0 Å². The van der Waals surface area contributed by atoms with E-state index in [9.17, 15) is 4.79 Å². The summed E-state index contributed by atoms with van der Waals surface area (Å²) in [6, 6.07) is 5.47. The van der Waals surface area contributed by atoms with Crippen molar-refractivity contribution in [2.75, 3.05) is 0 Å². The van der Waals surface area contributed by atoms with Crippen LogP contribution < -0.4 is 5.32 Å². The first kappa shape index (κ1) is 11.7. The molecule has 0 aliphatic heterocycles. The van der Waals surface area contributed by atoms with Gasteiger partial charge in [-0.05, 0) is 33.6 Å². The molecule has 1 N–H and O–H groups in total. The molecule has 2 rings (SSSR count). The molecule has 0 atom stereocenters. The van der Waals surface area contributed by atoms with E-state index in [4.69, 9.17) is 0 Å². The molecular weight excluding hydrogens is 282 g/mol. The van der Waals surface area contributed by atoms with E-state index in [0.29, 0.717) is 12.1 Å². The highest BCUT2D eigenvalue weighted by Crippen LogP contribution is 2.09. The molecule has 0 unspecified atom stereocenters. The first-order valence-corrected chi connectivity index (χ1v) is 5.82. The molecule has 2 heterocycles. The summed E-state index contributed by atoms with van der Waals surface area (Å²) in [6.45, 7) is 0.458. The molecule has 5 heteroatoms. The third-order valence-electron chi connectivity index (χ3n) is 2.14. The van der Waals surface area contributed by atoms with Gasteiger partial charge in [0.05, 0.1) is 5.56 Å². The Morgan fingerprint density at radius 3 is 2.88 bits per heavy atom. The summed E-state index contributed by atoms with van der Waals surface area (Å²) in [5.74, 6) is -0.150. The van der Waals surface area contributed by atoms with E-state index in [1.807, 2.05) is 12.1 Å². The number of rotatable bonds is 3. The van der Waals surface area contributed by atoms with E-state index in [1.165, 1.54) is 6.20 Å². The predicted octanol–water partition coefficient (Wildman–Crippen LogP) is 2.17. The summed E-state index contributed by atoms with van der Waals surface area (Å²) in [5, 5.41) is 2.80. The normalized spacial score (nSPS) is 9.94. The monoisotopic (exact) mass is 291 g/mol. The Kier molecular flexibility index (Phi) is 3.82. The second-order valence-electron chi connectivity index (χ2n) is 3.44. The molecule has 0 bridgehead atoms. The van der Waals surface area contributed by atoms with Crippen molar-refractivity contribution >= 4 is 21.8 Å². The third-order valence-corrected chi connectivity index (χ3v) is 2.58. The summed E-state index contributed by atoms with van der Waals surface area (Å²) in [4.78, 5) is 19.7. The Labute approximate surface area is 107 Å². The lowest BCUT2D eigenvalue weighted by Crippen LogP contribution is -2.22. The first-order chi connectivity index (χ1) is 8.25. The molecule has 0 aliphatic rings. The van der Waals surface area contributed by atoms with Crippen LogP contribution in [0, 0.1) is 0 Å². The number of amides is 1. The number of halogens is 1. The minimum atomic E-state index is -0.150. The lowest BCUT2D eigenvalue weighted by atomic mass is 10.2. The third kappa shape index (κ3) is 3.35. The highest BCUT2D eigenvalue weighted by atomic mass is 79.9. The Bertz CT molecular complexity index is 516. The van der Waals surface area contributed by atoms with E-state index in [2.05, 4.69) is 31.2 Å². The zero-order chi connectivity index (χ0) is 12.1. The maximum atomic E-state index is 11.8. The Balaban J connectivity index is 1.98. The van der Waals surface area contributed by atoms with Gasteiger partial charge in [-0.15, -0.1) is 0 Å². The predicted molar refractivity (Wildman–Crippen MR) is 67.3 cm³/mol. The molecule has 0 fully saturated rings. The van der Waals surface area contributed by atoms with E-state index in [0.717, 1.165) is 10.0 Å². The van der Waals surface area contributed by atoms with Crippen molar-refractivity contribution in [3.8, 4) is 0 Å². The molecule has 2 aromatic heterocycles. The summed E-state index contributed by atoms with van der Waals surface area (Å²) in [5.41, 5.74) is 1.49. The largest absolute Gasteiger partial charge is 0.348 e. The zero-order valence-corrected chi connectivity index (χ0v) is 10.5. The Morgan fingerprint density at radius 1 is 1.29 bits per heavy atom. The van der Waals surface area contributed by atoms with Gasteiger partial charge in [-0.25, -0.2) is 0 Å². The highest BCUT2D eigenvalue weighted by molar-refractivity contribution is 9.10. The molecule has 17 heavy (non-hydrogen) atoms. The van der Waals surface area contributed by atoms with E-state index in [1.54, 1.807) is 24.7 Å². The zero-order valence-electron chi connectivity index (χ0n) is 8.93. The van der Waals surface area contributed by atoms with Crippen molar-refractivity contribution < 1.29 is 4.79 Å². The summed E-state index contributed by atoms with van der Waals surface area (Å²) >= 11 is 3.27. The molecule has 86 valence electrons. The Morgan fingerprint density at radius 2 is 2.18 bits per heavy atom. The van der Waals surface area contributed by atoms with Gasteiger partial charge < -0.3 is 5.32 Å². The van der Waals surface area contributed by atoms with Crippen LogP contribution in [0.3, 0.4) is 0 Å². The van der Waals surface area contributed by atoms with Crippen LogP contribution in [-0.2, 0) is 6.54 Å².